The summed E-state index contributed by atoms with van der Waals surface area (Å²) < 4.78 is 5.53. The number of aliphatic imine (C=N–C) groups is 1. The molecule has 0 radical (unpaired) electrons. The largest absolute Gasteiger partial charge is 0.379 e. The number of guanidine groups is 1. The Morgan fingerprint density at radius 1 is 1.35 bits per heavy atom. The van der Waals surface area contributed by atoms with Crippen LogP contribution in [0.5, 0.6) is 0 Å². The normalized spacial score (nSPS) is 13.6. The summed E-state index contributed by atoms with van der Waals surface area (Å²) in [5.74, 6) is 1.91. The number of nitrogens with zero attached hydrogens (tertiary/aromatic N) is 1. The summed E-state index contributed by atoms with van der Waals surface area (Å²) in [7, 11) is 1.79. The second-order valence-electron chi connectivity index (χ2n) is 5.27. The fourth-order valence-corrected chi connectivity index (χ4v) is 2.49. The van der Waals surface area contributed by atoms with Crippen LogP contribution in [0, 0.1) is 5.92 Å². The lowest BCUT2D eigenvalue weighted by molar-refractivity contribution is 0.114. The Hall–Kier alpha value is -1.07. The third-order valence-corrected chi connectivity index (χ3v) is 3.92. The van der Waals surface area contributed by atoms with Crippen LogP contribution < -0.4 is 10.6 Å². The third kappa shape index (κ3) is 6.91. The Bertz CT molecular complexity index is 376. The number of nitrogens with one attached hydrogen (secondary N) is 2. The van der Waals surface area contributed by atoms with Gasteiger partial charge in [-0.15, -0.1) is 11.3 Å². The molecule has 1 aromatic rings. The average Bonchev–Trinajstić information content (AvgIpc) is 2.95. The predicted octanol–water partition coefficient (Wildman–Crippen LogP) is 2.69. The highest BCUT2D eigenvalue weighted by atomic mass is 32.1. The maximum absolute atomic E-state index is 5.53. The molecule has 1 aromatic heterocycles. The van der Waals surface area contributed by atoms with Crippen molar-refractivity contribution in [1.82, 2.24) is 10.6 Å². The molecule has 0 saturated carbocycles. The van der Waals surface area contributed by atoms with Gasteiger partial charge in [-0.3, -0.25) is 4.99 Å². The first-order valence-electron chi connectivity index (χ1n) is 7.19. The van der Waals surface area contributed by atoms with E-state index in [9.17, 15) is 0 Å². The molecule has 0 spiro atoms. The van der Waals surface area contributed by atoms with Crippen molar-refractivity contribution in [3.63, 3.8) is 0 Å². The summed E-state index contributed by atoms with van der Waals surface area (Å²) in [6.07, 6.45) is 0. The first-order valence-corrected chi connectivity index (χ1v) is 8.07. The minimum atomic E-state index is 0.491. The smallest absolute Gasteiger partial charge is 0.191 e. The molecule has 2 N–H and O–H groups in total. The quantitative estimate of drug-likeness (QED) is 0.440. The van der Waals surface area contributed by atoms with E-state index in [2.05, 4.69) is 53.9 Å². The molecule has 0 aliphatic carbocycles. The molecule has 4 nitrogen and oxygen atoms in total. The monoisotopic (exact) mass is 297 g/mol. The second-order valence-corrected chi connectivity index (χ2v) is 6.24. The molecule has 1 atom stereocenters. The van der Waals surface area contributed by atoms with Gasteiger partial charge in [0.25, 0.3) is 0 Å². The number of hydrogen-bond donors (Lipinski definition) is 2. The van der Waals surface area contributed by atoms with Crippen molar-refractivity contribution >= 4 is 17.3 Å². The maximum atomic E-state index is 5.53. The predicted molar refractivity (Wildman–Crippen MR) is 87.8 cm³/mol. The van der Waals surface area contributed by atoms with Gasteiger partial charge in [0.05, 0.1) is 6.61 Å². The van der Waals surface area contributed by atoms with Gasteiger partial charge in [0.15, 0.2) is 5.96 Å². The number of thiophene rings is 1. The van der Waals surface area contributed by atoms with Gasteiger partial charge < -0.3 is 15.4 Å². The highest BCUT2D eigenvalue weighted by molar-refractivity contribution is 7.10. The number of ether oxygens (including phenoxy) is 1. The highest BCUT2D eigenvalue weighted by Crippen LogP contribution is 2.19. The van der Waals surface area contributed by atoms with E-state index in [0.717, 1.165) is 25.7 Å². The Kier molecular flexibility index (Phi) is 8.30. The van der Waals surface area contributed by atoms with Crippen LogP contribution in [0.2, 0.25) is 0 Å². The molecule has 0 bridgehead atoms. The zero-order valence-electron chi connectivity index (χ0n) is 13.0. The third-order valence-electron chi connectivity index (χ3n) is 2.82. The van der Waals surface area contributed by atoms with Crippen molar-refractivity contribution in [1.29, 1.82) is 0 Å². The number of rotatable bonds is 8. The van der Waals surface area contributed by atoms with Gasteiger partial charge in [0.2, 0.25) is 0 Å². The van der Waals surface area contributed by atoms with Gasteiger partial charge in [-0.1, -0.05) is 26.8 Å². The lowest BCUT2D eigenvalue weighted by Crippen LogP contribution is -2.40. The lowest BCUT2D eigenvalue weighted by Gasteiger charge is -2.15. The van der Waals surface area contributed by atoms with Crippen LogP contribution in [0.25, 0.3) is 0 Å². The standard InChI is InChI=1S/C15H27N3OS/c1-12(2)11-19-8-7-17-15(16-4)18-10-13(3)14-6-5-9-20-14/h5-6,9,12-13H,7-8,10-11H2,1-4H3,(H2,16,17,18). The van der Waals surface area contributed by atoms with Crippen LogP contribution in [0.15, 0.2) is 22.5 Å². The molecule has 0 aliphatic heterocycles. The SMILES string of the molecule is CN=C(NCCOCC(C)C)NCC(C)c1cccs1. The molecular weight excluding hydrogens is 270 g/mol. The summed E-state index contributed by atoms with van der Waals surface area (Å²) >= 11 is 1.80. The van der Waals surface area contributed by atoms with E-state index in [4.69, 9.17) is 4.74 Å². The molecule has 114 valence electrons. The fraction of sp³-hybridized carbons (Fsp3) is 0.667. The zero-order valence-corrected chi connectivity index (χ0v) is 13.8. The Morgan fingerprint density at radius 2 is 2.15 bits per heavy atom. The molecule has 5 heteroatoms. The molecule has 0 aliphatic rings. The van der Waals surface area contributed by atoms with Crippen molar-refractivity contribution in [2.45, 2.75) is 26.7 Å². The topological polar surface area (TPSA) is 45.7 Å². The summed E-state index contributed by atoms with van der Waals surface area (Å²) in [4.78, 5) is 5.61. The van der Waals surface area contributed by atoms with Crippen molar-refractivity contribution in [3.05, 3.63) is 22.4 Å². The van der Waals surface area contributed by atoms with E-state index in [1.807, 2.05) is 0 Å². The molecule has 20 heavy (non-hydrogen) atoms. The molecule has 1 heterocycles. The number of hydrogen-bond acceptors (Lipinski definition) is 3. The zero-order chi connectivity index (χ0) is 14.8. The summed E-state index contributed by atoms with van der Waals surface area (Å²) in [6.45, 7) is 9.70. The van der Waals surface area contributed by atoms with Crippen molar-refractivity contribution < 1.29 is 4.74 Å². The Labute approximate surface area is 126 Å². The van der Waals surface area contributed by atoms with E-state index in [0.29, 0.717) is 18.4 Å². The van der Waals surface area contributed by atoms with Crippen LogP contribution in [-0.4, -0.2) is 39.3 Å². The minimum Gasteiger partial charge on any atom is -0.379 e. The van der Waals surface area contributed by atoms with Gasteiger partial charge in [0, 0.05) is 37.5 Å². The first kappa shape index (κ1) is 17.0. The minimum absolute atomic E-state index is 0.491. The second kappa shape index (κ2) is 9.77. The summed E-state index contributed by atoms with van der Waals surface area (Å²) in [5, 5.41) is 8.72. The van der Waals surface area contributed by atoms with Gasteiger partial charge in [0.1, 0.15) is 0 Å². The lowest BCUT2D eigenvalue weighted by atomic mass is 10.1. The van der Waals surface area contributed by atoms with Gasteiger partial charge in [-0.25, -0.2) is 0 Å². The van der Waals surface area contributed by atoms with E-state index >= 15 is 0 Å². The molecule has 0 fully saturated rings. The van der Waals surface area contributed by atoms with Crippen LogP contribution in [0.3, 0.4) is 0 Å². The van der Waals surface area contributed by atoms with Gasteiger partial charge >= 0.3 is 0 Å². The molecule has 0 aromatic carbocycles. The van der Waals surface area contributed by atoms with Crippen LogP contribution in [0.1, 0.15) is 31.6 Å². The molecular formula is C15H27N3OS. The average molecular weight is 297 g/mol. The molecule has 0 amide bonds. The first-order chi connectivity index (χ1) is 9.63. The van der Waals surface area contributed by atoms with Crippen LogP contribution in [0.4, 0.5) is 0 Å². The highest BCUT2D eigenvalue weighted by Gasteiger charge is 2.07. The van der Waals surface area contributed by atoms with Crippen LogP contribution in [-0.2, 0) is 4.74 Å². The van der Waals surface area contributed by atoms with Crippen molar-refractivity contribution in [3.8, 4) is 0 Å². The molecule has 0 saturated heterocycles. The molecule has 1 rings (SSSR count). The fourth-order valence-electron chi connectivity index (χ4n) is 1.70. The van der Waals surface area contributed by atoms with E-state index < -0.39 is 0 Å². The van der Waals surface area contributed by atoms with Gasteiger partial charge in [-0.05, 0) is 17.4 Å². The summed E-state index contributed by atoms with van der Waals surface area (Å²) in [6, 6.07) is 4.27. The Balaban J connectivity index is 2.17. The maximum Gasteiger partial charge on any atom is 0.191 e. The van der Waals surface area contributed by atoms with Crippen molar-refractivity contribution in [2.75, 3.05) is 33.4 Å². The van der Waals surface area contributed by atoms with E-state index in [1.54, 1.807) is 18.4 Å². The van der Waals surface area contributed by atoms with Crippen molar-refractivity contribution in [2.24, 2.45) is 10.9 Å². The van der Waals surface area contributed by atoms with E-state index in [-0.39, 0.29) is 0 Å². The van der Waals surface area contributed by atoms with Gasteiger partial charge in [-0.2, -0.15) is 0 Å². The molecule has 1 unspecified atom stereocenters. The summed E-state index contributed by atoms with van der Waals surface area (Å²) in [5.41, 5.74) is 0. The van der Waals surface area contributed by atoms with Crippen LogP contribution >= 0.6 is 11.3 Å². The Morgan fingerprint density at radius 3 is 2.75 bits per heavy atom. The van der Waals surface area contributed by atoms with E-state index in [1.165, 1.54) is 4.88 Å².